The van der Waals surface area contributed by atoms with Gasteiger partial charge in [0, 0.05) is 18.8 Å². The summed E-state index contributed by atoms with van der Waals surface area (Å²) >= 11 is 0. The first kappa shape index (κ1) is 18.2. The lowest BCUT2D eigenvalue weighted by Crippen LogP contribution is -2.29. The van der Waals surface area contributed by atoms with Gasteiger partial charge >= 0.3 is 5.97 Å². The van der Waals surface area contributed by atoms with Crippen LogP contribution in [-0.2, 0) is 16.1 Å². The van der Waals surface area contributed by atoms with Gasteiger partial charge in [-0.05, 0) is 69.7 Å². The van der Waals surface area contributed by atoms with Crippen molar-refractivity contribution in [3.8, 4) is 5.88 Å². The molecule has 1 atom stereocenters. The molecule has 1 aromatic heterocycles. The summed E-state index contributed by atoms with van der Waals surface area (Å²) in [6.45, 7) is 4.63. The Kier molecular flexibility index (Phi) is 7.10. The molecule has 2 fully saturated rings. The molecule has 0 aromatic carbocycles. The molecule has 3 heterocycles. The van der Waals surface area contributed by atoms with Crippen molar-refractivity contribution in [2.24, 2.45) is 5.92 Å². The third-order valence-electron chi connectivity index (χ3n) is 5.13. The number of esters is 1. The average Bonchev–Trinajstić information content (AvgIpc) is 2.64. The Hall–Kier alpha value is -1.62. The van der Waals surface area contributed by atoms with Gasteiger partial charge in [0.2, 0.25) is 5.88 Å². The fourth-order valence-electron chi connectivity index (χ4n) is 3.67. The van der Waals surface area contributed by atoms with Crippen LogP contribution in [0.15, 0.2) is 18.3 Å². The Balaban J connectivity index is 1.35. The first-order valence-corrected chi connectivity index (χ1v) is 9.78. The minimum atomic E-state index is -0.0146. The van der Waals surface area contributed by atoms with Crippen LogP contribution in [-0.4, -0.2) is 42.2 Å². The molecule has 2 aliphatic rings. The minimum Gasteiger partial charge on any atom is -0.478 e. The Morgan fingerprint density at radius 1 is 1.20 bits per heavy atom. The molecule has 1 aromatic rings. The Bertz CT molecular complexity index is 543. The molecule has 5 heteroatoms. The summed E-state index contributed by atoms with van der Waals surface area (Å²) in [6.07, 6.45) is 10.6. The normalized spacial score (nSPS) is 21.8. The molecule has 0 spiro atoms. The monoisotopic (exact) mass is 346 g/mol. The number of hydrogen-bond donors (Lipinski definition) is 0. The van der Waals surface area contributed by atoms with Gasteiger partial charge in [-0.15, -0.1) is 0 Å². The highest BCUT2D eigenvalue weighted by molar-refractivity contribution is 5.72. The van der Waals surface area contributed by atoms with Crippen molar-refractivity contribution in [1.82, 2.24) is 9.88 Å². The number of rotatable bonds is 8. The molecule has 0 bridgehead atoms. The lowest BCUT2D eigenvalue weighted by molar-refractivity contribution is -0.153. The van der Waals surface area contributed by atoms with E-state index in [2.05, 4.69) is 22.0 Å². The summed E-state index contributed by atoms with van der Waals surface area (Å²) in [7, 11) is 0. The number of cyclic esters (lactones) is 1. The topological polar surface area (TPSA) is 51.7 Å². The number of likely N-dealkylation sites (tertiary alicyclic amines) is 1. The second-order valence-electron chi connectivity index (χ2n) is 7.19. The molecular formula is C20H30N2O3. The predicted octanol–water partition coefficient (Wildman–Crippen LogP) is 3.57. The van der Waals surface area contributed by atoms with Crippen LogP contribution >= 0.6 is 0 Å². The number of carbonyl (C=O) groups excluding carboxylic acids is 1. The van der Waals surface area contributed by atoms with Gasteiger partial charge in [0.15, 0.2) is 0 Å². The molecule has 3 rings (SSSR count). The number of piperidine rings is 1. The smallest absolute Gasteiger partial charge is 0.308 e. The van der Waals surface area contributed by atoms with Gasteiger partial charge in [0.05, 0.1) is 19.1 Å². The second-order valence-corrected chi connectivity index (χ2v) is 7.19. The van der Waals surface area contributed by atoms with E-state index in [1.807, 2.05) is 6.20 Å². The lowest BCUT2D eigenvalue weighted by atomic mass is 9.95. The molecule has 5 nitrogen and oxygen atoms in total. The second kappa shape index (κ2) is 9.76. The van der Waals surface area contributed by atoms with E-state index in [0.29, 0.717) is 19.1 Å². The largest absolute Gasteiger partial charge is 0.478 e. The minimum absolute atomic E-state index is 0.0146. The number of nitrogens with zero attached hydrogens (tertiary/aromatic N) is 2. The van der Waals surface area contributed by atoms with Crippen LogP contribution in [0.25, 0.3) is 0 Å². The highest BCUT2D eigenvalue weighted by Crippen LogP contribution is 2.21. The van der Waals surface area contributed by atoms with Crippen molar-refractivity contribution in [1.29, 1.82) is 0 Å². The first-order valence-electron chi connectivity index (χ1n) is 9.78. The molecule has 0 radical (unpaired) electrons. The molecule has 0 saturated carbocycles. The maximum Gasteiger partial charge on any atom is 0.308 e. The fourth-order valence-corrected chi connectivity index (χ4v) is 3.67. The summed E-state index contributed by atoms with van der Waals surface area (Å²) in [4.78, 5) is 18.4. The van der Waals surface area contributed by atoms with Crippen molar-refractivity contribution >= 4 is 5.97 Å². The van der Waals surface area contributed by atoms with E-state index >= 15 is 0 Å². The summed E-state index contributed by atoms with van der Waals surface area (Å²) in [6, 6.07) is 4.14. The van der Waals surface area contributed by atoms with Gasteiger partial charge < -0.3 is 9.47 Å². The Labute approximate surface area is 150 Å². The first-order chi connectivity index (χ1) is 12.3. The van der Waals surface area contributed by atoms with Crippen molar-refractivity contribution in [3.63, 3.8) is 0 Å². The highest BCUT2D eigenvalue weighted by atomic mass is 16.5. The van der Waals surface area contributed by atoms with Gasteiger partial charge in [-0.3, -0.25) is 9.69 Å². The summed E-state index contributed by atoms with van der Waals surface area (Å²) in [5.74, 6) is 0.797. The number of pyridine rings is 1. The van der Waals surface area contributed by atoms with Gasteiger partial charge in [0.25, 0.3) is 0 Å². The van der Waals surface area contributed by atoms with Gasteiger partial charge in [0.1, 0.15) is 0 Å². The van der Waals surface area contributed by atoms with Crippen LogP contribution in [0.5, 0.6) is 5.88 Å². The summed E-state index contributed by atoms with van der Waals surface area (Å²) < 4.78 is 10.9. The van der Waals surface area contributed by atoms with Gasteiger partial charge in [-0.2, -0.15) is 0 Å². The predicted molar refractivity (Wildman–Crippen MR) is 96.4 cm³/mol. The van der Waals surface area contributed by atoms with Crippen molar-refractivity contribution in [2.45, 2.75) is 57.9 Å². The summed E-state index contributed by atoms with van der Waals surface area (Å²) in [5.41, 5.74) is 1.27. The van der Waals surface area contributed by atoms with Crippen molar-refractivity contribution in [3.05, 3.63) is 23.9 Å². The molecule has 0 aliphatic carbocycles. The van der Waals surface area contributed by atoms with Gasteiger partial charge in [-0.1, -0.05) is 6.42 Å². The molecular weight excluding hydrogens is 316 g/mol. The number of unbranched alkanes of at least 4 members (excludes halogenated alkanes) is 1. The van der Waals surface area contributed by atoms with Crippen LogP contribution in [0.1, 0.15) is 56.9 Å². The van der Waals surface area contributed by atoms with E-state index in [4.69, 9.17) is 9.47 Å². The van der Waals surface area contributed by atoms with Crippen LogP contribution in [0.3, 0.4) is 0 Å². The van der Waals surface area contributed by atoms with Crippen LogP contribution in [0, 0.1) is 5.92 Å². The number of aromatic nitrogens is 1. The van der Waals surface area contributed by atoms with Crippen molar-refractivity contribution in [2.75, 3.05) is 26.3 Å². The number of carbonyl (C=O) groups is 1. The molecule has 0 amide bonds. The Morgan fingerprint density at radius 3 is 2.92 bits per heavy atom. The molecule has 2 saturated heterocycles. The van der Waals surface area contributed by atoms with Gasteiger partial charge in [-0.25, -0.2) is 4.98 Å². The van der Waals surface area contributed by atoms with Crippen LogP contribution in [0.4, 0.5) is 0 Å². The third kappa shape index (κ3) is 5.99. The van der Waals surface area contributed by atoms with E-state index in [-0.39, 0.29) is 11.9 Å². The standard InChI is InChI=1S/C20H30N2O3/c23-20-18(8-6-14-25-20)7-2-5-13-24-19-15-17(9-10-21-19)16-22-11-3-1-4-12-22/h9-10,15,18H,1-8,11-14,16H2. The summed E-state index contributed by atoms with van der Waals surface area (Å²) in [5, 5.41) is 0. The molecule has 138 valence electrons. The molecule has 25 heavy (non-hydrogen) atoms. The zero-order chi connectivity index (χ0) is 17.3. The molecule has 0 N–H and O–H groups in total. The van der Waals surface area contributed by atoms with E-state index in [1.54, 1.807) is 0 Å². The average molecular weight is 346 g/mol. The third-order valence-corrected chi connectivity index (χ3v) is 5.13. The Morgan fingerprint density at radius 2 is 2.08 bits per heavy atom. The van der Waals surface area contributed by atoms with E-state index in [0.717, 1.165) is 38.6 Å². The SMILES string of the molecule is O=C1OCCCC1CCCCOc1cc(CN2CCCCC2)ccn1. The quantitative estimate of drug-likeness (QED) is 0.532. The van der Waals surface area contributed by atoms with E-state index in [1.165, 1.54) is 37.9 Å². The number of hydrogen-bond acceptors (Lipinski definition) is 5. The van der Waals surface area contributed by atoms with Crippen LogP contribution < -0.4 is 4.74 Å². The zero-order valence-corrected chi connectivity index (χ0v) is 15.1. The van der Waals surface area contributed by atoms with E-state index in [9.17, 15) is 4.79 Å². The highest BCUT2D eigenvalue weighted by Gasteiger charge is 2.23. The molecule has 2 aliphatic heterocycles. The molecule has 1 unspecified atom stereocenters. The fraction of sp³-hybridized carbons (Fsp3) is 0.700. The number of ether oxygens (including phenoxy) is 2. The zero-order valence-electron chi connectivity index (χ0n) is 15.1. The van der Waals surface area contributed by atoms with Crippen molar-refractivity contribution < 1.29 is 14.3 Å². The maximum absolute atomic E-state index is 11.6. The lowest BCUT2D eigenvalue weighted by Gasteiger charge is -2.26. The van der Waals surface area contributed by atoms with E-state index < -0.39 is 0 Å². The van der Waals surface area contributed by atoms with Crippen LogP contribution in [0.2, 0.25) is 0 Å². The maximum atomic E-state index is 11.6.